The van der Waals surface area contributed by atoms with Crippen molar-refractivity contribution < 1.29 is 0 Å². The van der Waals surface area contributed by atoms with E-state index in [4.69, 9.17) is 5.73 Å². The van der Waals surface area contributed by atoms with Crippen molar-refractivity contribution in [3.63, 3.8) is 0 Å². The summed E-state index contributed by atoms with van der Waals surface area (Å²) < 4.78 is 0. The molecule has 1 fully saturated rings. The fourth-order valence-electron chi connectivity index (χ4n) is 2.32. The van der Waals surface area contributed by atoms with Gasteiger partial charge in [0.2, 0.25) is 0 Å². The number of rotatable bonds is 7. The first kappa shape index (κ1) is 13.0. The third-order valence-corrected chi connectivity index (χ3v) is 4.31. The summed E-state index contributed by atoms with van der Waals surface area (Å²) in [5.74, 6) is 4.59. The van der Waals surface area contributed by atoms with Gasteiger partial charge < -0.3 is 5.73 Å². The molecule has 15 heavy (non-hydrogen) atoms. The van der Waals surface area contributed by atoms with Gasteiger partial charge in [0.25, 0.3) is 0 Å². The van der Waals surface area contributed by atoms with Gasteiger partial charge in [0, 0.05) is 0 Å². The van der Waals surface area contributed by atoms with Gasteiger partial charge in [0.15, 0.2) is 0 Å². The molecule has 1 rings (SSSR count). The van der Waals surface area contributed by atoms with E-state index in [9.17, 15) is 0 Å². The minimum Gasteiger partial charge on any atom is -0.330 e. The molecule has 0 aliphatic heterocycles. The molecule has 2 N–H and O–H groups in total. The van der Waals surface area contributed by atoms with Crippen LogP contribution < -0.4 is 5.73 Å². The topological polar surface area (TPSA) is 26.0 Å². The zero-order valence-corrected chi connectivity index (χ0v) is 11.0. The molecule has 0 heterocycles. The van der Waals surface area contributed by atoms with Gasteiger partial charge >= 0.3 is 0 Å². The van der Waals surface area contributed by atoms with E-state index in [2.05, 4.69) is 27.7 Å². The molecule has 1 nitrogen and oxygen atoms in total. The standard InChI is InChI=1S/C14H29N/c1-10(2)12(4)7-14-8-13(14)6-5-11(3)9-15/h10-14H,5-9,15H2,1-4H3. The van der Waals surface area contributed by atoms with Crippen LogP contribution in [-0.2, 0) is 0 Å². The summed E-state index contributed by atoms with van der Waals surface area (Å²) >= 11 is 0. The molecule has 0 saturated heterocycles. The lowest BCUT2D eigenvalue weighted by Gasteiger charge is -2.15. The lowest BCUT2D eigenvalue weighted by atomic mass is 9.91. The number of nitrogens with two attached hydrogens (primary N) is 1. The molecule has 1 heteroatoms. The molecule has 1 aliphatic carbocycles. The SMILES string of the molecule is CC(CN)CCC1CC1CC(C)C(C)C. The molecule has 4 unspecified atom stereocenters. The second-order valence-corrected chi connectivity index (χ2v) is 6.13. The summed E-state index contributed by atoms with van der Waals surface area (Å²) in [6.07, 6.45) is 5.72. The van der Waals surface area contributed by atoms with Crippen molar-refractivity contribution in [2.75, 3.05) is 6.54 Å². The van der Waals surface area contributed by atoms with Crippen molar-refractivity contribution >= 4 is 0 Å². The highest BCUT2D eigenvalue weighted by molar-refractivity contribution is 4.87. The molecule has 1 saturated carbocycles. The maximum atomic E-state index is 5.63. The van der Waals surface area contributed by atoms with Crippen molar-refractivity contribution in [1.29, 1.82) is 0 Å². The molecule has 0 amide bonds. The predicted molar refractivity (Wildman–Crippen MR) is 67.7 cm³/mol. The Morgan fingerprint density at radius 1 is 1.13 bits per heavy atom. The molecule has 0 spiro atoms. The van der Waals surface area contributed by atoms with E-state index < -0.39 is 0 Å². The highest BCUT2D eigenvalue weighted by Gasteiger charge is 2.37. The summed E-state index contributed by atoms with van der Waals surface area (Å²) in [6, 6.07) is 0. The maximum absolute atomic E-state index is 5.63. The van der Waals surface area contributed by atoms with E-state index in [-0.39, 0.29) is 0 Å². The second-order valence-electron chi connectivity index (χ2n) is 6.13. The van der Waals surface area contributed by atoms with Gasteiger partial charge in [0.1, 0.15) is 0 Å². The van der Waals surface area contributed by atoms with Gasteiger partial charge in [-0.1, -0.05) is 27.7 Å². The van der Waals surface area contributed by atoms with Gasteiger partial charge in [-0.3, -0.25) is 0 Å². The molecule has 90 valence electrons. The highest BCUT2D eigenvalue weighted by Crippen LogP contribution is 2.47. The van der Waals surface area contributed by atoms with Crippen LogP contribution in [0.3, 0.4) is 0 Å². The third kappa shape index (κ3) is 4.55. The Hall–Kier alpha value is -0.0400. The first-order valence-electron chi connectivity index (χ1n) is 6.74. The third-order valence-electron chi connectivity index (χ3n) is 4.31. The molecule has 0 radical (unpaired) electrons. The van der Waals surface area contributed by atoms with Crippen LogP contribution in [0.15, 0.2) is 0 Å². The molecule has 4 atom stereocenters. The maximum Gasteiger partial charge on any atom is -0.00515 e. The van der Waals surface area contributed by atoms with Crippen LogP contribution in [0.2, 0.25) is 0 Å². The van der Waals surface area contributed by atoms with E-state index in [0.29, 0.717) is 0 Å². The van der Waals surface area contributed by atoms with Gasteiger partial charge in [0.05, 0.1) is 0 Å². The first-order chi connectivity index (χ1) is 7.04. The second kappa shape index (κ2) is 5.89. The first-order valence-corrected chi connectivity index (χ1v) is 6.74. The number of hydrogen-bond acceptors (Lipinski definition) is 1. The number of hydrogen-bond donors (Lipinski definition) is 1. The van der Waals surface area contributed by atoms with E-state index in [1.807, 2.05) is 0 Å². The molecule has 0 aromatic rings. The minimum absolute atomic E-state index is 0.730. The smallest absolute Gasteiger partial charge is 0.00515 e. The van der Waals surface area contributed by atoms with Gasteiger partial charge in [-0.25, -0.2) is 0 Å². The van der Waals surface area contributed by atoms with Gasteiger partial charge in [-0.05, 0) is 61.8 Å². The largest absolute Gasteiger partial charge is 0.330 e. The van der Waals surface area contributed by atoms with Crippen molar-refractivity contribution in [3.8, 4) is 0 Å². The lowest BCUT2D eigenvalue weighted by Crippen LogP contribution is -2.10. The summed E-state index contributed by atoms with van der Waals surface area (Å²) in [7, 11) is 0. The normalized spacial score (nSPS) is 29.2. The summed E-state index contributed by atoms with van der Waals surface area (Å²) in [5.41, 5.74) is 5.63. The van der Waals surface area contributed by atoms with E-state index >= 15 is 0 Å². The van der Waals surface area contributed by atoms with E-state index in [1.165, 1.54) is 25.7 Å². The highest BCUT2D eigenvalue weighted by atomic mass is 14.5. The van der Waals surface area contributed by atoms with Crippen LogP contribution in [0, 0.1) is 29.6 Å². The Morgan fingerprint density at radius 2 is 1.80 bits per heavy atom. The van der Waals surface area contributed by atoms with Crippen LogP contribution in [0.25, 0.3) is 0 Å². The zero-order valence-electron chi connectivity index (χ0n) is 11.0. The summed E-state index contributed by atoms with van der Waals surface area (Å²) in [6.45, 7) is 10.2. The van der Waals surface area contributed by atoms with Gasteiger partial charge in [-0.15, -0.1) is 0 Å². The van der Waals surface area contributed by atoms with Crippen molar-refractivity contribution in [3.05, 3.63) is 0 Å². The molecule has 0 aromatic heterocycles. The molecule has 0 aromatic carbocycles. The summed E-state index contributed by atoms with van der Waals surface area (Å²) in [4.78, 5) is 0. The van der Waals surface area contributed by atoms with Crippen LogP contribution in [0.5, 0.6) is 0 Å². The average molecular weight is 211 g/mol. The van der Waals surface area contributed by atoms with Crippen molar-refractivity contribution in [1.82, 2.24) is 0 Å². The minimum atomic E-state index is 0.730. The Labute approximate surface area is 95.8 Å². The molecule has 1 aliphatic rings. The Kier molecular flexibility index (Phi) is 5.11. The molecular weight excluding hydrogens is 182 g/mol. The Bertz CT molecular complexity index is 176. The molecular formula is C14H29N. The van der Waals surface area contributed by atoms with Gasteiger partial charge in [-0.2, -0.15) is 0 Å². The van der Waals surface area contributed by atoms with Crippen molar-refractivity contribution in [2.45, 2.75) is 53.4 Å². The van der Waals surface area contributed by atoms with E-state index in [1.54, 1.807) is 0 Å². The van der Waals surface area contributed by atoms with E-state index in [0.717, 1.165) is 36.1 Å². The zero-order chi connectivity index (χ0) is 11.4. The lowest BCUT2D eigenvalue weighted by molar-refractivity contribution is 0.359. The molecule has 0 bridgehead atoms. The van der Waals surface area contributed by atoms with Crippen LogP contribution in [0.1, 0.15) is 53.4 Å². The Balaban J connectivity index is 2.07. The fourth-order valence-corrected chi connectivity index (χ4v) is 2.32. The Morgan fingerprint density at radius 3 is 2.33 bits per heavy atom. The summed E-state index contributed by atoms with van der Waals surface area (Å²) in [5, 5.41) is 0. The quantitative estimate of drug-likeness (QED) is 0.683. The van der Waals surface area contributed by atoms with Crippen LogP contribution >= 0.6 is 0 Å². The van der Waals surface area contributed by atoms with Crippen LogP contribution in [-0.4, -0.2) is 6.54 Å². The fraction of sp³-hybridized carbons (Fsp3) is 1.00. The van der Waals surface area contributed by atoms with Crippen molar-refractivity contribution in [2.24, 2.45) is 35.3 Å². The monoisotopic (exact) mass is 211 g/mol. The van der Waals surface area contributed by atoms with Crippen LogP contribution in [0.4, 0.5) is 0 Å². The average Bonchev–Trinajstić information content (AvgIpc) is 2.92. The predicted octanol–water partition coefficient (Wildman–Crippen LogP) is 3.68.